The highest BCUT2D eigenvalue weighted by molar-refractivity contribution is 6.00. The van der Waals surface area contributed by atoms with Crippen LogP contribution >= 0.6 is 0 Å². The Bertz CT molecular complexity index is 321. The van der Waals surface area contributed by atoms with E-state index in [1.807, 2.05) is 13.8 Å². The van der Waals surface area contributed by atoms with Crippen molar-refractivity contribution >= 4 is 11.8 Å². The van der Waals surface area contributed by atoms with E-state index in [1.165, 1.54) is 0 Å². The van der Waals surface area contributed by atoms with Crippen molar-refractivity contribution in [2.75, 3.05) is 6.61 Å². The molecule has 0 heterocycles. The maximum atomic E-state index is 12.6. The number of Topliss-reactive ketones (excluding diaryl/α,β-unsaturated/α-hetero) is 1. The van der Waals surface area contributed by atoms with Gasteiger partial charge in [-0.05, 0) is 43.9 Å². The van der Waals surface area contributed by atoms with E-state index in [0.717, 1.165) is 25.7 Å². The lowest BCUT2D eigenvalue weighted by atomic mass is 9.69. The van der Waals surface area contributed by atoms with E-state index in [4.69, 9.17) is 4.74 Å². The Kier molecular flexibility index (Phi) is 5.57. The van der Waals surface area contributed by atoms with Crippen molar-refractivity contribution in [3.05, 3.63) is 0 Å². The lowest BCUT2D eigenvalue weighted by molar-refractivity contribution is -0.155. The van der Waals surface area contributed by atoms with E-state index in [9.17, 15) is 9.59 Å². The van der Waals surface area contributed by atoms with Gasteiger partial charge in [0, 0.05) is 5.92 Å². The molecule has 0 radical (unpaired) electrons. The smallest absolute Gasteiger partial charge is 0.316 e. The van der Waals surface area contributed by atoms with E-state index in [1.54, 1.807) is 6.92 Å². The minimum absolute atomic E-state index is 0.0153. The Labute approximate surface area is 117 Å². The monoisotopic (exact) mass is 268 g/mol. The second-order valence-corrected chi connectivity index (χ2v) is 6.81. The molecule has 0 aromatic carbocycles. The van der Waals surface area contributed by atoms with E-state index in [-0.39, 0.29) is 23.6 Å². The van der Waals surface area contributed by atoms with E-state index < -0.39 is 5.92 Å². The molecule has 0 spiro atoms. The third-order valence-electron chi connectivity index (χ3n) is 4.26. The predicted octanol–water partition coefficient (Wildman–Crippen LogP) is 3.61. The molecule has 0 aromatic rings. The molecule has 3 nitrogen and oxygen atoms in total. The van der Waals surface area contributed by atoms with Gasteiger partial charge in [0.2, 0.25) is 0 Å². The summed E-state index contributed by atoms with van der Waals surface area (Å²) in [6, 6.07) is 0. The molecule has 0 saturated heterocycles. The SMILES string of the molecule is CCOC(=O)C(C(=O)C1CCC(C)(C)CC1)C(C)C. The number of ketones is 1. The molecule has 0 N–H and O–H groups in total. The molecule has 0 aromatic heterocycles. The van der Waals surface area contributed by atoms with E-state index in [0.29, 0.717) is 12.0 Å². The fraction of sp³-hybridized carbons (Fsp3) is 0.875. The van der Waals surface area contributed by atoms with Gasteiger partial charge in [-0.2, -0.15) is 0 Å². The number of carbonyl (C=O) groups excluding carboxylic acids is 2. The fourth-order valence-electron chi connectivity index (χ4n) is 2.89. The van der Waals surface area contributed by atoms with Crippen LogP contribution < -0.4 is 0 Å². The molecule has 0 bridgehead atoms. The molecular formula is C16H28O3. The molecule has 1 unspecified atom stereocenters. The van der Waals surface area contributed by atoms with E-state index >= 15 is 0 Å². The van der Waals surface area contributed by atoms with Crippen LogP contribution in [0, 0.1) is 23.2 Å². The van der Waals surface area contributed by atoms with E-state index in [2.05, 4.69) is 13.8 Å². The second-order valence-electron chi connectivity index (χ2n) is 6.81. The molecule has 1 atom stereocenters. The predicted molar refractivity (Wildman–Crippen MR) is 75.7 cm³/mol. The summed E-state index contributed by atoms with van der Waals surface area (Å²) < 4.78 is 5.06. The van der Waals surface area contributed by atoms with Crippen LogP contribution in [0.2, 0.25) is 0 Å². The number of ether oxygens (including phenoxy) is 1. The van der Waals surface area contributed by atoms with Crippen molar-refractivity contribution in [1.29, 1.82) is 0 Å². The van der Waals surface area contributed by atoms with Crippen LogP contribution in [0.15, 0.2) is 0 Å². The van der Waals surface area contributed by atoms with Gasteiger partial charge in [0.1, 0.15) is 11.7 Å². The highest BCUT2D eigenvalue weighted by Gasteiger charge is 2.38. The van der Waals surface area contributed by atoms with Crippen molar-refractivity contribution in [1.82, 2.24) is 0 Å². The molecule has 3 heteroatoms. The topological polar surface area (TPSA) is 43.4 Å². The number of esters is 1. The van der Waals surface area contributed by atoms with Crippen molar-refractivity contribution in [2.24, 2.45) is 23.2 Å². The highest BCUT2D eigenvalue weighted by Crippen LogP contribution is 2.39. The average Bonchev–Trinajstić information content (AvgIpc) is 2.28. The standard InChI is InChI=1S/C16H28O3/c1-6-19-15(18)13(11(2)3)14(17)12-7-9-16(4,5)10-8-12/h11-13H,6-10H2,1-5H3. The largest absolute Gasteiger partial charge is 0.465 e. The van der Waals surface area contributed by atoms with Gasteiger partial charge in [0.25, 0.3) is 0 Å². The zero-order valence-electron chi connectivity index (χ0n) is 13.0. The van der Waals surface area contributed by atoms with Gasteiger partial charge in [-0.1, -0.05) is 27.7 Å². The van der Waals surface area contributed by atoms with Crippen molar-refractivity contribution in [3.63, 3.8) is 0 Å². The number of hydrogen-bond donors (Lipinski definition) is 0. The quantitative estimate of drug-likeness (QED) is 0.565. The molecule has 1 fully saturated rings. The van der Waals surface area contributed by atoms with Crippen LogP contribution in [-0.2, 0) is 14.3 Å². The van der Waals surface area contributed by atoms with Crippen LogP contribution in [0.1, 0.15) is 60.3 Å². The molecule has 0 amide bonds. The minimum atomic E-state index is -0.578. The van der Waals surface area contributed by atoms with Gasteiger partial charge in [0.05, 0.1) is 6.61 Å². The van der Waals surface area contributed by atoms with Crippen LogP contribution in [-0.4, -0.2) is 18.4 Å². The van der Waals surface area contributed by atoms with Crippen molar-refractivity contribution in [3.8, 4) is 0 Å². The maximum absolute atomic E-state index is 12.6. The molecule has 19 heavy (non-hydrogen) atoms. The Morgan fingerprint density at radius 1 is 1.21 bits per heavy atom. The number of rotatable bonds is 5. The molecule has 1 rings (SSSR count). The zero-order valence-corrected chi connectivity index (χ0v) is 13.0. The molecule has 0 aliphatic heterocycles. The summed E-state index contributed by atoms with van der Waals surface area (Å²) in [6.07, 6.45) is 3.96. The Hall–Kier alpha value is -0.860. The first-order valence-corrected chi connectivity index (χ1v) is 7.49. The van der Waals surface area contributed by atoms with Gasteiger partial charge in [-0.25, -0.2) is 0 Å². The Morgan fingerprint density at radius 3 is 2.16 bits per heavy atom. The number of hydrogen-bond acceptors (Lipinski definition) is 3. The van der Waals surface area contributed by atoms with Crippen LogP contribution in [0.3, 0.4) is 0 Å². The molecule has 1 aliphatic carbocycles. The summed E-state index contributed by atoms with van der Waals surface area (Å²) in [7, 11) is 0. The maximum Gasteiger partial charge on any atom is 0.316 e. The summed E-state index contributed by atoms with van der Waals surface area (Å²) in [4.78, 5) is 24.5. The summed E-state index contributed by atoms with van der Waals surface area (Å²) in [6.45, 7) is 10.5. The Balaban J connectivity index is 2.70. The summed E-state index contributed by atoms with van der Waals surface area (Å²) in [5.74, 6) is -0.756. The molecular weight excluding hydrogens is 240 g/mol. The zero-order chi connectivity index (χ0) is 14.6. The van der Waals surface area contributed by atoms with Gasteiger partial charge in [0.15, 0.2) is 0 Å². The molecule has 1 aliphatic rings. The second kappa shape index (κ2) is 6.53. The third kappa shape index (κ3) is 4.32. The third-order valence-corrected chi connectivity index (χ3v) is 4.26. The molecule has 1 saturated carbocycles. The minimum Gasteiger partial charge on any atom is -0.465 e. The first-order valence-electron chi connectivity index (χ1n) is 7.49. The van der Waals surface area contributed by atoms with Gasteiger partial charge < -0.3 is 4.74 Å². The summed E-state index contributed by atoms with van der Waals surface area (Å²) in [5.41, 5.74) is 0.341. The summed E-state index contributed by atoms with van der Waals surface area (Å²) >= 11 is 0. The lowest BCUT2D eigenvalue weighted by Crippen LogP contribution is -2.37. The average molecular weight is 268 g/mol. The number of carbonyl (C=O) groups is 2. The first-order chi connectivity index (χ1) is 8.78. The van der Waals surface area contributed by atoms with Crippen molar-refractivity contribution in [2.45, 2.75) is 60.3 Å². The Morgan fingerprint density at radius 2 is 1.74 bits per heavy atom. The van der Waals surface area contributed by atoms with Crippen LogP contribution in [0.4, 0.5) is 0 Å². The molecule has 110 valence electrons. The van der Waals surface area contributed by atoms with Gasteiger partial charge in [-0.15, -0.1) is 0 Å². The first kappa shape index (κ1) is 16.2. The van der Waals surface area contributed by atoms with Crippen LogP contribution in [0.5, 0.6) is 0 Å². The fourth-order valence-corrected chi connectivity index (χ4v) is 2.89. The van der Waals surface area contributed by atoms with Crippen molar-refractivity contribution < 1.29 is 14.3 Å². The van der Waals surface area contributed by atoms with Gasteiger partial charge >= 0.3 is 5.97 Å². The highest BCUT2D eigenvalue weighted by atomic mass is 16.5. The normalized spacial score (nSPS) is 21.2. The van der Waals surface area contributed by atoms with Crippen LogP contribution in [0.25, 0.3) is 0 Å². The summed E-state index contributed by atoms with van der Waals surface area (Å²) in [5, 5.41) is 0. The lowest BCUT2D eigenvalue weighted by Gasteiger charge is -2.35. The van der Waals surface area contributed by atoms with Gasteiger partial charge in [-0.3, -0.25) is 9.59 Å².